The Morgan fingerprint density at radius 2 is 2.22 bits per heavy atom. The van der Waals surface area contributed by atoms with Gasteiger partial charge in [0.25, 0.3) is 0 Å². The summed E-state index contributed by atoms with van der Waals surface area (Å²) in [6.45, 7) is 4.75. The number of aromatic nitrogens is 4. The molecule has 0 radical (unpaired) electrons. The summed E-state index contributed by atoms with van der Waals surface area (Å²) >= 11 is 0. The van der Waals surface area contributed by atoms with Crippen LogP contribution >= 0.6 is 0 Å². The Morgan fingerprint density at radius 3 is 2.78 bits per heavy atom. The van der Waals surface area contributed by atoms with Crippen LogP contribution in [0.3, 0.4) is 0 Å². The van der Waals surface area contributed by atoms with Gasteiger partial charge in [-0.15, -0.1) is 0 Å². The first-order valence-corrected chi connectivity index (χ1v) is 5.90. The van der Waals surface area contributed by atoms with Crippen molar-refractivity contribution in [2.45, 2.75) is 26.3 Å². The molecule has 0 fully saturated rings. The number of hydrogen-bond acceptors (Lipinski definition) is 5. The second-order valence-electron chi connectivity index (χ2n) is 4.48. The minimum absolute atomic E-state index is 0.311. The molecule has 0 unspecified atom stereocenters. The van der Waals surface area contributed by atoms with Gasteiger partial charge in [0.1, 0.15) is 12.1 Å². The fourth-order valence-corrected chi connectivity index (χ4v) is 1.79. The van der Waals surface area contributed by atoms with Gasteiger partial charge in [0.05, 0.1) is 23.6 Å². The van der Waals surface area contributed by atoms with E-state index in [9.17, 15) is 0 Å². The van der Waals surface area contributed by atoms with Crippen LogP contribution in [-0.4, -0.2) is 19.7 Å². The maximum atomic E-state index is 6.09. The predicted molar refractivity (Wildman–Crippen MR) is 71.1 cm³/mol. The zero-order valence-corrected chi connectivity index (χ0v) is 10.9. The molecule has 96 valence electrons. The molecular formula is C12H18N6. The molecule has 2 rings (SSSR count). The zero-order valence-electron chi connectivity index (χ0n) is 10.9. The molecule has 0 atom stereocenters. The van der Waals surface area contributed by atoms with Crippen LogP contribution in [0.25, 0.3) is 0 Å². The van der Waals surface area contributed by atoms with Gasteiger partial charge in [0.15, 0.2) is 0 Å². The normalized spacial score (nSPS) is 10.9. The number of nitrogens with one attached hydrogen (secondary N) is 1. The number of hydrogen-bond donors (Lipinski definition) is 2. The van der Waals surface area contributed by atoms with E-state index in [2.05, 4.69) is 34.2 Å². The molecule has 6 nitrogen and oxygen atoms in total. The summed E-state index contributed by atoms with van der Waals surface area (Å²) in [7, 11) is 1.88. The van der Waals surface area contributed by atoms with Crippen molar-refractivity contribution in [3.05, 3.63) is 30.0 Å². The lowest BCUT2D eigenvalue weighted by Crippen LogP contribution is -2.07. The van der Waals surface area contributed by atoms with Crippen LogP contribution in [0, 0.1) is 0 Å². The first kappa shape index (κ1) is 12.3. The van der Waals surface area contributed by atoms with Gasteiger partial charge in [-0.2, -0.15) is 5.10 Å². The third kappa shape index (κ3) is 2.42. The molecule has 0 aromatic carbocycles. The standard InChI is InChI=1S/C12H18N6/c1-8(2)11-10(13)12(18(3)17-11)15-6-9-4-5-14-7-16-9/h4-5,7-8,15H,6,13H2,1-3H3. The Hall–Kier alpha value is -2.11. The van der Waals surface area contributed by atoms with Gasteiger partial charge in [-0.05, 0) is 12.0 Å². The van der Waals surface area contributed by atoms with Crippen LogP contribution in [0.1, 0.15) is 31.2 Å². The van der Waals surface area contributed by atoms with Gasteiger partial charge < -0.3 is 11.1 Å². The highest BCUT2D eigenvalue weighted by atomic mass is 15.3. The monoisotopic (exact) mass is 246 g/mol. The highest BCUT2D eigenvalue weighted by Gasteiger charge is 2.15. The summed E-state index contributed by atoms with van der Waals surface area (Å²) in [6, 6.07) is 1.86. The lowest BCUT2D eigenvalue weighted by molar-refractivity contribution is 0.714. The molecule has 0 amide bonds. The van der Waals surface area contributed by atoms with E-state index in [1.807, 2.05) is 13.1 Å². The number of nitrogens with two attached hydrogens (primary N) is 1. The topological polar surface area (TPSA) is 81.7 Å². The minimum atomic E-state index is 0.311. The molecule has 0 aliphatic rings. The van der Waals surface area contributed by atoms with Crippen LogP contribution in [0.4, 0.5) is 11.5 Å². The van der Waals surface area contributed by atoms with E-state index in [-0.39, 0.29) is 0 Å². The summed E-state index contributed by atoms with van der Waals surface area (Å²) in [5.74, 6) is 1.14. The van der Waals surface area contributed by atoms with Gasteiger partial charge in [-0.1, -0.05) is 13.8 Å². The van der Waals surface area contributed by atoms with E-state index in [1.54, 1.807) is 10.9 Å². The molecule has 6 heteroatoms. The van der Waals surface area contributed by atoms with Gasteiger partial charge >= 0.3 is 0 Å². The van der Waals surface area contributed by atoms with Crippen molar-refractivity contribution in [1.29, 1.82) is 0 Å². The smallest absolute Gasteiger partial charge is 0.148 e. The fraction of sp³-hybridized carbons (Fsp3) is 0.417. The van der Waals surface area contributed by atoms with E-state index in [1.165, 1.54) is 6.33 Å². The van der Waals surface area contributed by atoms with Crippen LogP contribution in [0.5, 0.6) is 0 Å². The molecule has 0 saturated carbocycles. The summed E-state index contributed by atoms with van der Waals surface area (Å²) < 4.78 is 1.77. The molecule has 0 aliphatic heterocycles. The van der Waals surface area contributed by atoms with Crippen molar-refractivity contribution in [3.63, 3.8) is 0 Å². The maximum absolute atomic E-state index is 6.09. The second-order valence-corrected chi connectivity index (χ2v) is 4.48. The Morgan fingerprint density at radius 1 is 1.44 bits per heavy atom. The molecule has 0 spiro atoms. The molecular weight excluding hydrogens is 228 g/mol. The molecule has 0 aliphatic carbocycles. The van der Waals surface area contributed by atoms with Crippen LogP contribution in [0.2, 0.25) is 0 Å². The van der Waals surface area contributed by atoms with E-state index >= 15 is 0 Å². The third-order valence-corrected chi connectivity index (χ3v) is 2.74. The van der Waals surface area contributed by atoms with Crippen molar-refractivity contribution in [3.8, 4) is 0 Å². The Bertz CT molecular complexity index is 517. The number of nitrogens with zero attached hydrogens (tertiary/aromatic N) is 4. The summed E-state index contributed by atoms with van der Waals surface area (Å²) in [5, 5.41) is 7.68. The zero-order chi connectivity index (χ0) is 13.1. The van der Waals surface area contributed by atoms with Gasteiger partial charge in [0.2, 0.25) is 0 Å². The third-order valence-electron chi connectivity index (χ3n) is 2.74. The molecule has 2 heterocycles. The Balaban J connectivity index is 2.15. The van der Waals surface area contributed by atoms with Gasteiger partial charge in [-0.3, -0.25) is 4.68 Å². The SMILES string of the molecule is CC(C)c1nn(C)c(NCc2ccncn2)c1N. The minimum Gasteiger partial charge on any atom is -0.394 e. The summed E-state index contributed by atoms with van der Waals surface area (Å²) in [5.41, 5.74) is 8.63. The summed E-state index contributed by atoms with van der Waals surface area (Å²) in [6.07, 6.45) is 3.25. The average molecular weight is 246 g/mol. The van der Waals surface area contributed by atoms with E-state index in [0.29, 0.717) is 18.2 Å². The number of rotatable bonds is 4. The van der Waals surface area contributed by atoms with E-state index in [0.717, 1.165) is 17.2 Å². The fourth-order valence-electron chi connectivity index (χ4n) is 1.79. The molecule has 0 saturated heterocycles. The first-order chi connectivity index (χ1) is 8.59. The predicted octanol–water partition coefficient (Wildman–Crippen LogP) is 1.53. The molecule has 2 aromatic heterocycles. The van der Waals surface area contributed by atoms with E-state index < -0.39 is 0 Å². The molecule has 3 N–H and O–H groups in total. The van der Waals surface area contributed by atoms with Crippen LogP contribution < -0.4 is 11.1 Å². The largest absolute Gasteiger partial charge is 0.394 e. The lowest BCUT2D eigenvalue weighted by atomic mass is 10.1. The van der Waals surface area contributed by atoms with Crippen molar-refractivity contribution in [2.75, 3.05) is 11.1 Å². The van der Waals surface area contributed by atoms with Gasteiger partial charge in [-0.25, -0.2) is 9.97 Å². The molecule has 18 heavy (non-hydrogen) atoms. The van der Waals surface area contributed by atoms with Crippen molar-refractivity contribution < 1.29 is 0 Å². The quantitative estimate of drug-likeness (QED) is 0.855. The summed E-state index contributed by atoms with van der Waals surface area (Å²) in [4.78, 5) is 8.03. The van der Waals surface area contributed by atoms with Crippen LogP contribution in [0.15, 0.2) is 18.6 Å². The number of aryl methyl sites for hydroxylation is 1. The number of anilines is 2. The lowest BCUT2D eigenvalue weighted by Gasteiger charge is -2.07. The van der Waals surface area contributed by atoms with Crippen LogP contribution in [-0.2, 0) is 13.6 Å². The van der Waals surface area contributed by atoms with Crippen molar-refractivity contribution in [2.24, 2.45) is 7.05 Å². The highest BCUT2D eigenvalue weighted by molar-refractivity contribution is 5.65. The van der Waals surface area contributed by atoms with Crippen molar-refractivity contribution >= 4 is 11.5 Å². The molecule has 2 aromatic rings. The highest BCUT2D eigenvalue weighted by Crippen LogP contribution is 2.27. The Kier molecular flexibility index (Phi) is 3.45. The first-order valence-electron chi connectivity index (χ1n) is 5.90. The van der Waals surface area contributed by atoms with Gasteiger partial charge in [0, 0.05) is 13.2 Å². The average Bonchev–Trinajstić information content (AvgIpc) is 2.64. The van der Waals surface area contributed by atoms with E-state index in [4.69, 9.17) is 5.73 Å². The molecule has 0 bridgehead atoms. The number of nitrogen functional groups attached to an aromatic ring is 1. The second kappa shape index (κ2) is 5.03. The van der Waals surface area contributed by atoms with Crippen molar-refractivity contribution in [1.82, 2.24) is 19.7 Å². The maximum Gasteiger partial charge on any atom is 0.148 e. The Labute approximate surface area is 106 Å².